The topological polar surface area (TPSA) is 66.6 Å². The average molecular weight is 416 g/mol. The maximum Gasteiger partial charge on any atom is 0.253 e. The highest BCUT2D eigenvalue weighted by molar-refractivity contribution is 7.80. The summed E-state index contributed by atoms with van der Waals surface area (Å²) in [4.78, 5) is 17.9. The summed E-state index contributed by atoms with van der Waals surface area (Å²) in [6.07, 6.45) is 7.06. The lowest BCUT2D eigenvalue weighted by Gasteiger charge is -2.32. The van der Waals surface area contributed by atoms with E-state index in [1.807, 2.05) is 24.3 Å². The molecule has 2 aliphatic rings. The zero-order chi connectivity index (χ0) is 20.2. The molecule has 2 N–H and O–H groups in total. The van der Waals surface area contributed by atoms with Crippen LogP contribution in [0, 0.1) is 0 Å². The minimum Gasteiger partial charge on any atom is -0.497 e. The number of methoxy groups -OCH3 is 1. The Kier molecular flexibility index (Phi) is 6.35. The molecule has 1 aromatic carbocycles. The minimum atomic E-state index is -0.0624. The number of nitrogens with zero attached hydrogens (tertiary/aromatic N) is 1. The van der Waals surface area contributed by atoms with E-state index in [0.717, 1.165) is 66.2 Å². The second kappa shape index (κ2) is 9.13. The molecule has 2 heterocycles. The maximum atomic E-state index is 12.7. The second-order valence-corrected chi connectivity index (χ2v) is 8.35. The van der Waals surface area contributed by atoms with Crippen LogP contribution >= 0.6 is 12.2 Å². The van der Waals surface area contributed by atoms with Crippen LogP contribution in [0.2, 0.25) is 0 Å². The molecule has 0 amide bonds. The highest BCUT2D eigenvalue weighted by atomic mass is 32.1. The lowest BCUT2D eigenvalue weighted by molar-refractivity contribution is 0.113. The van der Waals surface area contributed by atoms with Crippen LogP contribution in [-0.4, -0.2) is 47.4 Å². The van der Waals surface area contributed by atoms with E-state index < -0.39 is 0 Å². The molecule has 1 unspecified atom stereocenters. The van der Waals surface area contributed by atoms with Crippen molar-refractivity contribution in [1.82, 2.24) is 15.2 Å². The van der Waals surface area contributed by atoms with E-state index in [9.17, 15) is 4.79 Å². The summed E-state index contributed by atoms with van der Waals surface area (Å²) in [7, 11) is 1.65. The largest absolute Gasteiger partial charge is 0.497 e. The fourth-order valence-electron chi connectivity index (χ4n) is 4.35. The molecule has 2 aromatic rings. The fraction of sp³-hybridized carbons (Fsp3) is 0.545. The van der Waals surface area contributed by atoms with Crippen molar-refractivity contribution < 1.29 is 9.47 Å². The van der Waals surface area contributed by atoms with E-state index in [1.165, 1.54) is 12.8 Å². The molecule has 2 fully saturated rings. The van der Waals surface area contributed by atoms with Crippen LogP contribution in [0.25, 0.3) is 10.9 Å². The summed E-state index contributed by atoms with van der Waals surface area (Å²) >= 11 is 5.75. The standard InChI is InChI=1S/C22H29N3O3S/c1-27-18-8-9-20-15(12-18)11-16(21(26)24-20)14-25(17-5-2-3-6-17)22(29)23-13-19-7-4-10-28-19/h8-9,11-12,17,19H,2-7,10,13-14H2,1H3,(H,23,29)(H,24,26). The van der Waals surface area contributed by atoms with Crippen molar-refractivity contribution in [2.45, 2.75) is 57.2 Å². The summed E-state index contributed by atoms with van der Waals surface area (Å²) in [5, 5.41) is 5.08. The van der Waals surface area contributed by atoms with Gasteiger partial charge < -0.3 is 24.7 Å². The Balaban J connectivity index is 1.55. The molecule has 29 heavy (non-hydrogen) atoms. The first-order valence-electron chi connectivity index (χ1n) is 10.5. The number of aromatic nitrogens is 1. The quantitative estimate of drug-likeness (QED) is 0.706. The number of nitrogens with one attached hydrogen (secondary N) is 2. The first kappa shape index (κ1) is 20.2. The molecule has 0 bridgehead atoms. The summed E-state index contributed by atoms with van der Waals surface area (Å²) in [5.41, 5.74) is 1.47. The number of ether oxygens (including phenoxy) is 2. The zero-order valence-corrected chi connectivity index (χ0v) is 17.7. The van der Waals surface area contributed by atoms with Crippen molar-refractivity contribution in [3.05, 3.63) is 40.2 Å². The van der Waals surface area contributed by atoms with Crippen LogP contribution in [-0.2, 0) is 11.3 Å². The first-order valence-corrected chi connectivity index (χ1v) is 10.9. The number of fused-ring (bicyclic) bond motifs is 1. The van der Waals surface area contributed by atoms with Gasteiger partial charge in [0.25, 0.3) is 5.56 Å². The third-order valence-corrected chi connectivity index (χ3v) is 6.38. The van der Waals surface area contributed by atoms with Gasteiger partial charge in [0, 0.05) is 35.7 Å². The highest BCUT2D eigenvalue weighted by Gasteiger charge is 2.26. The van der Waals surface area contributed by atoms with Crippen molar-refractivity contribution in [2.75, 3.05) is 20.3 Å². The predicted octanol–water partition coefficient (Wildman–Crippen LogP) is 3.33. The number of benzene rings is 1. The molecule has 0 spiro atoms. The Morgan fingerprint density at radius 2 is 2.10 bits per heavy atom. The normalized spacial score (nSPS) is 19.6. The van der Waals surface area contributed by atoms with Gasteiger partial charge in [0.15, 0.2) is 5.11 Å². The van der Waals surface area contributed by atoms with Gasteiger partial charge in [-0.15, -0.1) is 0 Å². The summed E-state index contributed by atoms with van der Waals surface area (Å²) in [6, 6.07) is 8.01. The maximum absolute atomic E-state index is 12.7. The molecule has 1 aliphatic carbocycles. The number of pyridine rings is 1. The van der Waals surface area contributed by atoms with Crippen molar-refractivity contribution >= 4 is 28.2 Å². The van der Waals surface area contributed by atoms with Crippen LogP contribution in [0.4, 0.5) is 0 Å². The van der Waals surface area contributed by atoms with Crippen LogP contribution in [0.1, 0.15) is 44.1 Å². The molecular formula is C22H29N3O3S. The van der Waals surface area contributed by atoms with E-state index in [-0.39, 0.29) is 11.7 Å². The Labute approximate surface area is 176 Å². The van der Waals surface area contributed by atoms with Gasteiger partial charge in [0.1, 0.15) is 5.75 Å². The van der Waals surface area contributed by atoms with E-state index in [0.29, 0.717) is 12.6 Å². The molecule has 4 rings (SSSR count). The van der Waals surface area contributed by atoms with E-state index in [4.69, 9.17) is 21.7 Å². The number of thiocarbonyl (C=S) groups is 1. The molecule has 7 heteroatoms. The Bertz CT molecular complexity index is 917. The number of rotatable bonds is 6. The molecular weight excluding hydrogens is 386 g/mol. The second-order valence-electron chi connectivity index (χ2n) is 7.96. The Hall–Kier alpha value is -2.12. The van der Waals surface area contributed by atoms with Crippen LogP contribution in [0.5, 0.6) is 5.75 Å². The molecule has 0 radical (unpaired) electrons. The van der Waals surface area contributed by atoms with Gasteiger partial charge in [-0.1, -0.05) is 12.8 Å². The van der Waals surface area contributed by atoms with Crippen LogP contribution in [0.15, 0.2) is 29.1 Å². The Morgan fingerprint density at radius 3 is 2.83 bits per heavy atom. The molecule has 1 saturated heterocycles. The summed E-state index contributed by atoms with van der Waals surface area (Å²) in [6.45, 7) is 2.07. The third-order valence-electron chi connectivity index (χ3n) is 6.00. The van der Waals surface area contributed by atoms with Gasteiger partial charge in [0.05, 0.1) is 19.8 Å². The molecule has 1 saturated carbocycles. The minimum absolute atomic E-state index is 0.0624. The molecule has 6 nitrogen and oxygen atoms in total. The number of H-pyrrole nitrogens is 1. The van der Waals surface area contributed by atoms with Crippen molar-refractivity contribution in [1.29, 1.82) is 0 Å². The first-order chi connectivity index (χ1) is 14.1. The predicted molar refractivity (Wildman–Crippen MR) is 118 cm³/mol. The monoisotopic (exact) mass is 415 g/mol. The van der Waals surface area contributed by atoms with E-state index in [2.05, 4.69) is 15.2 Å². The van der Waals surface area contributed by atoms with Crippen LogP contribution < -0.4 is 15.6 Å². The lowest BCUT2D eigenvalue weighted by Crippen LogP contribution is -2.47. The SMILES string of the molecule is COc1ccc2[nH]c(=O)c(CN(C(=S)NCC3CCCO3)C3CCCC3)cc2c1. The van der Waals surface area contributed by atoms with Gasteiger partial charge in [-0.3, -0.25) is 4.79 Å². The Morgan fingerprint density at radius 1 is 1.28 bits per heavy atom. The molecule has 156 valence electrons. The van der Waals surface area contributed by atoms with E-state index in [1.54, 1.807) is 7.11 Å². The van der Waals surface area contributed by atoms with E-state index >= 15 is 0 Å². The summed E-state index contributed by atoms with van der Waals surface area (Å²) < 4.78 is 11.0. The highest BCUT2D eigenvalue weighted by Crippen LogP contribution is 2.26. The number of aromatic amines is 1. The molecule has 1 atom stereocenters. The fourth-order valence-corrected chi connectivity index (χ4v) is 4.65. The summed E-state index contributed by atoms with van der Waals surface area (Å²) in [5.74, 6) is 0.775. The third kappa shape index (κ3) is 4.73. The van der Waals surface area contributed by atoms with Crippen molar-refractivity contribution in [2.24, 2.45) is 0 Å². The lowest BCUT2D eigenvalue weighted by atomic mass is 10.1. The van der Waals surface area contributed by atoms with Gasteiger partial charge in [0.2, 0.25) is 0 Å². The number of hydrogen-bond acceptors (Lipinski definition) is 4. The van der Waals surface area contributed by atoms with Gasteiger partial charge in [-0.05, 0) is 62.2 Å². The average Bonchev–Trinajstić information content (AvgIpc) is 3.44. The van der Waals surface area contributed by atoms with Gasteiger partial charge >= 0.3 is 0 Å². The van der Waals surface area contributed by atoms with Gasteiger partial charge in [-0.25, -0.2) is 0 Å². The van der Waals surface area contributed by atoms with Crippen molar-refractivity contribution in [3.8, 4) is 5.75 Å². The zero-order valence-electron chi connectivity index (χ0n) is 16.9. The van der Waals surface area contributed by atoms with Gasteiger partial charge in [-0.2, -0.15) is 0 Å². The van der Waals surface area contributed by atoms with Crippen molar-refractivity contribution in [3.63, 3.8) is 0 Å². The van der Waals surface area contributed by atoms with Crippen LogP contribution in [0.3, 0.4) is 0 Å². The molecule has 1 aliphatic heterocycles. The smallest absolute Gasteiger partial charge is 0.253 e. The molecule has 1 aromatic heterocycles. The number of hydrogen-bond donors (Lipinski definition) is 2.